The molecule has 216 valence electrons. The number of methoxy groups -OCH3 is 4. The second kappa shape index (κ2) is 16.5. The van der Waals surface area contributed by atoms with Crippen molar-refractivity contribution in [1.82, 2.24) is 29.7 Å². The van der Waals surface area contributed by atoms with Crippen LogP contribution < -0.4 is 18.9 Å². The van der Waals surface area contributed by atoms with Crippen molar-refractivity contribution < 1.29 is 36.0 Å². The van der Waals surface area contributed by atoms with Gasteiger partial charge in [-0.25, -0.2) is 0 Å². The Bertz CT molecular complexity index is 1160. The molecule has 0 amide bonds. The summed E-state index contributed by atoms with van der Waals surface area (Å²) in [5.41, 5.74) is 3.66. The van der Waals surface area contributed by atoms with Crippen LogP contribution in [-0.4, -0.2) is 71.3 Å². The van der Waals surface area contributed by atoms with Crippen molar-refractivity contribution in [3.8, 4) is 23.0 Å². The van der Waals surface area contributed by atoms with Crippen LogP contribution in [0, 0.1) is 0 Å². The first kappa shape index (κ1) is 31.8. The molecular formula is C30H36FeN6O4+2. The molecule has 0 fully saturated rings. The topological polar surface area (TPSA) is 95.0 Å². The van der Waals surface area contributed by atoms with Crippen molar-refractivity contribution in [2.24, 2.45) is 0 Å². The first-order valence-electron chi connectivity index (χ1n) is 13.0. The van der Waals surface area contributed by atoms with Gasteiger partial charge in [0.2, 0.25) is 0 Å². The SMILES string of the molecule is COc1ccnc(CN(CCN(Cc2cc(OC)ccn2)Cc2cc(OC)ccn2)Cc2cc(OC)ccn2)c1.[Fe+2]. The minimum Gasteiger partial charge on any atom is -0.497 e. The maximum Gasteiger partial charge on any atom is 2.00 e. The zero-order valence-electron chi connectivity index (χ0n) is 23.8. The van der Waals surface area contributed by atoms with E-state index < -0.39 is 0 Å². The van der Waals surface area contributed by atoms with Crippen LogP contribution in [0.5, 0.6) is 23.0 Å². The monoisotopic (exact) mass is 600 g/mol. The summed E-state index contributed by atoms with van der Waals surface area (Å²) in [4.78, 5) is 22.9. The number of hydrogen-bond donors (Lipinski definition) is 0. The van der Waals surface area contributed by atoms with Crippen LogP contribution in [-0.2, 0) is 43.2 Å². The van der Waals surface area contributed by atoms with Gasteiger partial charge in [-0.3, -0.25) is 29.7 Å². The average Bonchev–Trinajstić information content (AvgIpc) is 3.00. The summed E-state index contributed by atoms with van der Waals surface area (Å²) in [7, 11) is 6.64. The molecule has 0 aliphatic carbocycles. The fraction of sp³-hybridized carbons (Fsp3) is 0.333. The average molecular weight is 601 g/mol. The van der Waals surface area contributed by atoms with E-state index >= 15 is 0 Å². The molecule has 41 heavy (non-hydrogen) atoms. The molecule has 0 aromatic carbocycles. The van der Waals surface area contributed by atoms with Crippen LogP contribution in [0.15, 0.2) is 73.3 Å². The first-order chi connectivity index (χ1) is 19.6. The van der Waals surface area contributed by atoms with E-state index in [2.05, 4.69) is 29.7 Å². The van der Waals surface area contributed by atoms with Gasteiger partial charge in [0.15, 0.2) is 0 Å². The third-order valence-corrected chi connectivity index (χ3v) is 6.37. The Morgan fingerprint density at radius 1 is 0.463 bits per heavy atom. The van der Waals surface area contributed by atoms with E-state index in [0.29, 0.717) is 26.2 Å². The molecule has 4 rings (SSSR count). The molecule has 11 heteroatoms. The molecule has 10 nitrogen and oxygen atoms in total. The molecule has 0 unspecified atom stereocenters. The van der Waals surface area contributed by atoms with Crippen LogP contribution in [0.2, 0.25) is 0 Å². The van der Waals surface area contributed by atoms with Gasteiger partial charge >= 0.3 is 17.1 Å². The zero-order chi connectivity index (χ0) is 28.2. The van der Waals surface area contributed by atoms with E-state index in [1.165, 1.54) is 0 Å². The van der Waals surface area contributed by atoms with E-state index in [9.17, 15) is 0 Å². The number of aromatic nitrogens is 4. The maximum absolute atomic E-state index is 5.42. The molecule has 0 spiro atoms. The standard InChI is InChI=1S/C30H36N6O4.Fe/c1-37-27-5-9-31-23(15-27)19-35(20-24-16-28(38-2)6-10-32-24)13-14-36(21-25-17-29(39-3)7-11-33-25)22-26-18-30(40-4)8-12-34-26;/h5-12,15-18H,13-14,19-22H2,1-4H3;/q;+2. The number of pyridine rings is 4. The van der Waals surface area contributed by atoms with E-state index in [4.69, 9.17) is 18.9 Å². The Hall–Kier alpha value is -3.76. The minimum atomic E-state index is 0. The normalized spacial score (nSPS) is 10.8. The fourth-order valence-corrected chi connectivity index (χ4v) is 4.31. The summed E-state index contributed by atoms with van der Waals surface area (Å²) in [6.45, 7) is 3.98. The summed E-state index contributed by atoms with van der Waals surface area (Å²) in [5.74, 6) is 3.11. The van der Waals surface area contributed by atoms with Crippen LogP contribution in [0.1, 0.15) is 22.8 Å². The van der Waals surface area contributed by atoms with Gasteiger partial charge in [-0.05, 0) is 24.3 Å². The fourth-order valence-electron chi connectivity index (χ4n) is 4.31. The van der Waals surface area contributed by atoms with Gasteiger partial charge in [0.1, 0.15) is 23.0 Å². The minimum absolute atomic E-state index is 0. The number of ether oxygens (including phenoxy) is 4. The Balaban J connectivity index is 0.00000462. The van der Waals surface area contributed by atoms with Crippen molar-refractivity contribution in [1.29, 1.82) is 0 Å². The molecule has 0 aliphatic heterocycles. The van der Waals surface area contributed by atoms with Crippen LogP contribution in [0.25, 0.3) is 0 Å². The van der Waals surface area contributed by atoms with E-state index in [-0.39, 0.29) is 17.1 Å². The Labute approximate surface area is 252 Å². The molecule has 0 bridgehead atoms. The predicted octanol–water partition coefficient (Wildman–Crippen LogP) is 4.00. The van der Waals surface area contributed by atoms with Gasteiger partial charge < -0.3 is 18.9 Å². The molecule has 0 atom stereocenters. The Kier molecular flexibility index (Phi) is 12.8. The molecule has 4 heterocycles. The Morgan fingerprint density at radius 3 is 0.927 bits per heavy atom. The van der Waals surface area contributed by atoms with Crippen molar-refractivity contribution in [3.05, 3.63) is 96.1 Å². The third kappa shape index (κ3) is 9.98. The second-order valence-electron chi connectivity index (χ2n) is 9.17. The molecule has 0 saturated heterocycles. The molecule has 4 aromatic rings. The number of hydrogen-bond acceptors (Lipinski definition) is 10. The summed E-state index contributed by atoms with van der Waals surface area (Å²) in [6.07, 6.45) is 7.08. The van der Waals surface area contributed by atoms with Crippen LogP contribution in [0.3, 0.4) is 0 Å². The molecule has 4 aromatic heterocycles. The number of rotatable bonds is 15. The molecule has 0 aliphatic rings. The quantitative estimate of drug-likeness (QED) is 0.187. The summed E-state index contributed by atoms with van der Waals surface area (Å²) in [5, 5.41) is 0. The van der Waals surface area contributed by atoms with Crippen molar-refractivity contribution in [3.63, 3.8) is 0 Å². The second-order valence-corrected chi connectivity index (χ2v) is 9.17. The Morgan fingerprint density at radius 2 is 0.707 bits per heavy atom. The van der Waals surface area contributed by atoms with E-state index in [0.717, 1.165) is 58.9 Å². The van der Waals surface area contributed by atoms with Gasteiger partial charge in [-0.2, -0.15) is 0 Å². The van der Waals surface area contributed by atoms with Crippen LogP contribution >= 0.6 is 0 Å². The third-order valence-electron chi connectivity index (χ3n) is 6.37. The van der Waals surface area contributed by atoms with Gasteiger partial charge in [0, 0.05) is 88.3 Å². The van der Waals surface area contributed by atoms with E-state index in [1.54, 1.807) is 53.2 Å². The predicted molar refractivity (Wildman–Crippen MR) is 151 cm³/mol. The van der Waals surface area contributed by atoms with Gasteiger partial charge in [-0.1, -0.05) is 0 Å². The van der Waals surface area contributed by atoms with Gasteiger partial charge in [-0.15, -0.1) is 0 Å². The maximum atomic E-state index is 5.42. The summed E-state index contributed by atoms with van der Waals surface area (Å²) < 4.78 is 21.7. The van der Waals surface area contributed by atoms with Crippen molar-refractivity contribution in [2.75, 3.05) is 41.5 Å². The van der Waals surface area contributed by atoms with Gasteiger partial charge in [0.05, 0.1) is 51.2 Å². The van der Waals surface area contributed by atoms with Crippen molar-refractivity contribution >= 4 is 0 Å². The van der Waals surface area contributed by atoms with Crippen LogP contribution in [0.4, 0.5) is 0 Å². The molecular weight excluding hydrogens is 564 g/mol. The number of nitrogens with zero attached hydrogens (tertiary/aromatic N) is 6. The summed E-state index contributed by atoms with van der Waals surface area (Å²) >= 11 is 0. The largest absolute Gasteiger partial charge is 2.00 e. The first-order valence-corrected chi connectivity index (χ1v) is 13.0. The molecule has 0 radical (unpaired) electrons. The van der Waals surface area contributed by atoms with Crippen molar-refractivity contribution in [2.45, 2.75) is 26.2 Å². The molecule has 0 saturated carbocycles. The smallest absolute Gasteiger partial charge is 0.497 e. The summed E-state index contributed by atoms with van der Waals surface area (Å²) in [6, 6.07) is 15.2. The van der Waals surface area contributed by atoms with E-state index in [1.807, 2.05) is 48.5 Å². The van der Waals surface area contributed by atoms with Gasteiger partial charge in [0.25, 0.3) is 0 Å². The molecule has 0 N–H and O–H groups in total. The zero-order valence-corrected chi connectivity index (χ0v) is 24.9.